The number of ether oxygens (including phenoxy) is 1. The molecule has 2 rings (SSSR count). The fourth-order valence-corrected chi connectivity index (χ4v) is 2.19. The van der Waals surface area contributed by atoms with Crippen LogP contribution in [0.2, 0.25) is 0 Å². The number of hydrogen-bond acceptors (Lipinski definition) is 3. The number of rotatable bonds is 7. The molecule has 0 atom stereocenters. The highest BCUT2D eigenvalue weighted by Gasteiger charge is 2.10. The van der Waals surface area contributed by atoms with Crippen molar-refractivity contribution in [2.75, 3.05) is 19.0 Å². The molecule has 0 heterocycles. The van der Waals surface area contributed by atoms with Crippen molar-refractivity contribution in [1.29, 1.82) is 0 Å². The van der Waals surface area contributed by atoms with Gasteiger partial charge < -0.3 is 15.4 Å². The number of para-hydroxylation sites is 2. The van der Waals surface area contributed by atoms with Crippen molar-refractivity contribution < 1.29 is 14.3 Å². The molecule has 5 nitrogen and oxygen atoms in total. The first-order chi connectivity index (χ1) is 10.8. The summed E-state index contributed by atoms with van der Waals surface area (Å²) >= 11 is 0. The Morgan fingerprint density at radius 3 is 2.64 bits per heavy atom. The largest absolute Gasteiger partial charge is 0.496 e. The first-order valence-corrected chi connectivity index (χ1v) is 6.95. The van der Waals surface area contributed by atoms with Crippen molar-refractivity contribution in [2.24, 2.45) is 0 Å². The maximum atomic E-state index is 12.2. The second-order valence-electron chi connectivity index (χ2n) is 4.63. The van der Waals surface area contributed by atoms with E-state index in [0.717, 1.165) is 11.3 Å². The van der Waals surface area contributed by atoms with Gasteiger partial charge in [-0.2, -0.15) is 0 Å². The van der Waals surface area contributed by atoms with Gasteiger partial charge in [0.1, 0.15) is 5.75 Å². The summed E-state index contributed by atoms with van der Waals surface area (Å²) in [6.45, 7) is 0.481. The van der Waals surface area contributed by atoms with E-state index >= 15 is 0 Å². The maximum absolute atomic E-state index is 12.2. The van der Waals surface area contributed by atoms with Crippen LogP contribution in [0.1, 0.15) is 15.9 Å². The third-order valence-corrected chi connectivity index (χ3v) is 3.26. The summed E-state index contributed by atoms with van der Waals surface area (Å²) in [5, 5.41) is 5.37. The lowest BCUT2D eigenvalue weighted by molar-refractivity contribution is -0.105. The first kappa shape index (κ1) is 15.6. The molecular weight excluding hydrogens is 280 g/mol. The van der Waals surface area contributed by atoms with Gasteiger partial charge in [0, 0.05) is 6.54 Å². The maximum Gasteiger partial charge on any atom is 0.253 e. The molecule has 0 unspecified atom stereocenters. The van der Waals surface area contributed by atoms with Gasteiger partial charge in [0.2, 0.25) is 6.41 Å². The molecule has 0 bridgehead atoms. The van der Waals surface area contributed by atoms with Crippen LogP contribution in [0, 0.1) is 0 Å². The van der Waals surface area contributed by atoms with Crippen LogP contribution in [0.15, 0.2) is 48.5 Å². The fraction of sp³-hybridized carbons (Fsp3) is 0.176. The molecule has 0 saturated heterocycles. The van der Waals surface area contributed by atoms with Crippen LogP contribution in [0.4, 0.5) is 5.69 Å². The highest BCUT2D eigenvalue weighted by molar-refractivity contribution is 6.01. The highest BCUT2D eigenvalue weighted by Crippen LogP contribution is 2.17. The van der Waals surface area contributed by atoms with Gasteiger partial charge in [-0.05, 0) is 30.2 Å². The Morgan fingerprint density at radius 1 is 1.14 bits per heavy atom. The fourth-order valence-electron chi connectivity index (χ4n) is 2.19. The molecule has 0 fully saturated rings. The Labute approximate surface area is 129 Å². The second kappa shape index (κ2) is 7.83. The van der Waals surface area contributed by atoms with Crippen LogP contribution in [0.3, 0.4) is 0 Å². The normalized spacial score (nSPS) is 9.86. The lowest BCUT2D eigenvalue weighted by atomic mass is 10.1. The number of carbonyl (C=O) groups is 2. The standard InChI is InChI=1S/C17H18N2O3/c1-22-16-9-5-2-6-13(16)10-11-18-17(21)14-7-3-4-8-15(14)19-12-20/h2-9,12H,10-11H2,1H3,(H,18,21)(H,19,20). The molecule has 22 heavy (non-hydrogen) atoms. The summed E-state index contributed by atoms with van der Waals surface area (Å²) in [6.07, 6.45) is 1.22. The highest BCUT2D eigenvalue weighted by atomic mass is 16.5. The lowest BCUT2D eigenvalue weighted by Gasteiger charge is -2.11. The summed E-state index contributed by atoms with van der Waals surface area (Å²) in [5.41, 5.74) is 1.96. The van der Waals surface area contributed by atoms with Crippen molar-refractivity contribution in [2.45, 2.75) is 6.42 Å². The van der Waals surface area contributed by atoms with Gasteiger partial charge in [0.25, 0.3) is 5.91 Å². The van der Waals surface area contributed by atoms with Crippen LogP contribution in [0.25, 0.3) is 0 Å². The minimum Gasteiger partial charge on any atom is -0.496 e. The average Bonchev–Trinajstić information content (AvgIpc) is 2.56. The van der Waals surface area contributed by atoms with Crippen LogP contribution in [-0.2, 0) is 11.2 Å². The van der Waals surface area contributed by atoms with E-state index in [1.807, 2.05) is 24.3 Å². The molecule has 0 radical (unpaired) electrons. The van der Waals surface area contributed by atoms with Crippen LogP contribution < -0.4 is 15.4 Å². The van der Waals surface area contributed by atoms with Gasteiger partial charge in [-0.1, -0.05) is 30.3 Å². The van der Waals surface area contributed by atoms with Gasteiger partial charge in [-0.3, -0.25) is 9.59 Å². The summed E-state index contributed by atoms with van der Waals surface area (Å²) in [5.74, 6) is 0.583. The molecule has 0 saturated carbocycles. The summed E-state index contributed by atoms with van der Waals surface area (Å²) in [6, 6.07) is 14.6. The number of carbonyl (C=O) groups excluding carboxylic acids is 2. The quantitative estimate of drug-likeness (QED) is 0.770. The van der Waals surface area contributed by atoms with E-state index in [4.69, 9.17) is 4.74 Å². The van der Waals surface area contributed by atoms with Crippen LogP contribution in [0.5, 0.6) is 5.75 Å². The predicted molar refractivity (Wildman–Crippen MR) is 85.2 cm³/mol. The zero-order chi connectivity index (χ0) is 15.8. The monoisotopic (exact) mass is 298 g/mol. The third kappa shape index (κ3) is 3.85. The molecule has 114 valence electrons. The number of hydrogen-bond donors (Lipinski definition) is 2. The molecule has 5 heteroatoms. The molecule has 2 aromatic rings. The summed E-state index contributed by atoms with van der Waals surface area (Å²) in [7, 11) is 1.62. The van der Waals surface area contributed by atoms with Crippen LogP contribution in [-0.4, -0.2) is 26.0 Å². The number of methoxy groups -OCH3 is 1. The Morgan fingerprint density at radius 2 is 1.86 bits per heavy atom. The molecule has 0 aliphatic carbocycles. The molecule has 0 aromatic heterocycles. The van der Waals surface area contributed by atoms with Gasteiger partial charge in [0.15, 0.2) is 0 Å². The lowest BCUT2D eigenvalue weighted by Crippen LogP contribution is -2.26. The minimum atomic E-state index is -0.222. The van der Waals surface area contributed by atoms with Gasteiger partial charge >= 0.3 is 0 Å². The predicted octanol–water partition coefficient (Wildman–Crippen LogP) is 2.24. The Hall–Kier alpha value is -2.82. The zero-order valence-corrected chi connectivity index (χ0v) is 12.3. The van der Waals surface area contributed by atoms with E-state index < -0.39 is 0 Å². The Kier molecular flexibility index (Phi) is 5.54. The molecule has 2 N–H and O–H groups in total. The SMILES string of the molecule is COc1ccccc1CCNC(=O)c1ccccc1NC=O. The first-order valence-electron chi connectivity index (χ1n) is 6.95. The van der Waals surface area contributed by atoms with E-state index in [9.17, 15) is 9.59 Å². The van der Waals surface area contributed by atoms with Crippen molar-refractivity contribution >= 4 is 18.0 Å². The molecule has 2 aromatic carbocycles. The average molecular weight is 298 g/mol. The smallest absolute Gasteiger partial charge is 0.253 e. The van der Waals surface area contributed by atoms with E-state index in [1.54, 1.807) is 31.4 Å². The van der Waals surface area contributed by atoms with Crippen molar-refractivity contribution in [3.63, 3.8) is 0 Å². The van der Waals surface area contributed by atoms with Crippen molar-refractivity contribution in [1.82, 2.24) is 5.32 Å². The number of nitrogens with one attached hydrogen (secondary N) is 2. The molecule has 0 aliphatic heterocycles. The Bertz CT molecular complexity index is 656. The minimum absolute atomic E-state index is 0.222. The number of anilines is 1. The van der Waals surface area contributed by atoms with E-state index in [2.05, 4.69) is 10.6 Å². The summed E-state index contributed by atoms with van der Waals surface area (Å²) < 4.78 is 5.28. The van der Waals surface area contributed by atoms with Crippen molar-refractivity contribution in [3.8, 4) is 5.75 Å². The van der Waals surface area contributed by atoms with Crippen molar-refractivity contribution in [3.05, 3.63) is 59.7 Å². The van der Waals surface area contributed by atoms with Gasteiger partial charge in [-0.25, -0.2) is 0 Å². The number of benzene rings is 2. The van der Waals surface area contributed by atoms with E-state index in [1.165, 1.54) is 0 Å². The molecule has 0 aliphatic rings. The third-order valence-electron chi connectivity index (χ3n) is 3.26. The number of amides is 2. The zero-order valence-electron chi connectivity index (χ0n) is 12.3. The van der Waals surface area contributed by atoms with E-state index in [-0.39, 0.29) is 5.91 Å². The molecular formula is C17H18N2O3. The van der Waals surface area contributed by atoms with Gasteiger partial charge in [0.05, 0.1) is 18.4 Å². The molecule has 2 amide bonds. The second-order valence-corrected chi connectivity index (χ2v) is 4.63. The van der Waals surface area contributed by atoms with Gasteiger partial charge in [-0.15, -0.1) is 0 Å². The van der Waals surface area contributed by atoms with E-state index in [0.29, 0.717) is 30.6 Å². The topological polar surface area (TPSA) is 67.4 Å². The Balaban J connectivity index is 1.97. The van der Waals surface area contributed by atoms with Crippen LogP contribution >= 0.6 is 0 Å². The summed E-state index contributed by atoms with van der Waals surface area (Å²) in [4.78, 5) is 22.7. The molecule has 0 spiro atoms.